The van der Waals surface area contributed by atoms with Crippen molar-refractivity contribution in [1.82, 2.24) is 10.2 Å². The Bertz CT molecular complexity index is 1890. The van der Waals surface area contributed by atoms with E-state index in [1.54, 1.807) is 47.6 Å². The number of aliphatic carboxylic acids is 1. The standard InChI is InChI=1S/C41H51N5O13/c42-16-13-33(48)45-30-21-27(9-11-31(30)58-40-36(51)34(49)35(50)37(59-40)39(53)54)24-57-41(55)44-29-8-3-7-28(22-29)38(52)46-18-14-25(15-19-46)5-1-2-17-43-32(47)12-10-26-6-4-20-56-23-26/h3-4,6-12,20-22,25,34-37,40,49-51H,1-2,5,13-19,23-24,42H2,(H,43,47)(H,44,55)(H,45,48)(H,53,54)/b12-10+/t34-,35-,36+,37-,40+/m0/s1. The van der Waals surface area contributed by atoms with E-state index < -0.39 is 48.7 Å². The Morgan fingerprint density at radius 1 is 0.966 bits per heavy atom. The molecule has 0 radical (unpaired) electrons. The van der Waals surface area contributed by atoms with E-state index in [0.29, 0.717) is 49.0 Å². The number of likely N-dealkylation sites (tertiary alicyclic amines) is 1. The SMILES string of the molecule is NCCC(=O)Nc1cc(COC(=O)Nc2cccc(C(=O)N3CCC(CCCCNC(=O)/C=C/C4=CC=COC4)CC3)c2)ccc1O[C@@H]1O[C@H](C(=O)O)[C@@H](O)[C@H](O)[C@H]1O. The van der Waals surface area contributed by atoms with E-state index >= 15 is 0 Å². The first-order valence-electron chi connectivity index (χ1n) is 19.4. The second-order valence-corrected chi connectivity index (χ2v) is 14.3. The van der Waals surface area contributed by atoms with Crippen molar-refractivity contribution in [1.29, 1.82) is 0 Å². The van der Waals surface area contributed by atoms with Crippen molar-refractivity contribution in [2.75, 3.05) is 43.4 Å². The van der Waals surface area contributed by atoms with E-state index in [4.69, 9.17) is 24.7 Å². The number of aliphatic hydroxyl groups excluding tert-OH is 3. The summed E-state index contributed by atoms with van der Waals surface area (Å²) in [4.78, 5) is 64.0. The lowest BCUT2D eigenvalue weighted by Gasteiger charge is -2.38. The number of unbranched alkanes of at least 4 members (excludes halogenated alkanes) is 1. The summed E-state index contributed by atoms with van der Waals surface area (Å²) in [6.45, 7) is 2.02. The lowest BCUT2D eigenvalue weighted by Crippen LogP contribution is -2.61. The highest BCUT2D eigenvalue weighted by Gasteiger charge is 2.48. The number of carbonyl (C=O) groups excluding carboxylic acids is 4. The number of ether oxygens (including phenoxy) is 4. The molecular formula is C41H51N5O13. The number of nitrogens with two attached hydrogens (primary N) is 1. The van der Waals surface area contributed by atoms with Crippen LogP contribution < -0.4 is 26.4 Å². The van der Waals surface area contributed by atoms with Gasteiger partial charge in [0.15, 0.2) is 6.10 Å². The molecule has 2 saturated heterocycles. The van der Waals surface area contributed by atoms with Crippen LogP contribution in [0.1, 0.15) is 54.4 Å². The van der Waals surface area contributed by atoms with Crippen molar-refractivity contribution < 1.29 is 63.3 Å². The first kappa shape index (κ1) is 44.3. The van der Waals surface area contributed by atoms with Crippen molar-refractivity contribution in [3.8, 4) is 5.75 Å². The Kier molecular flexibility index (Phi) is 16.4. The number of rotatable bonds is 17. The van der Waals surface area contributed by atoms with Crippen molar-refractivity contribution in [2.45, 2.75) is 75.8 Å². The first-order chi connectivity index (χ1) is 28.4. The maximum atomic E-state index is 13.4. The summed E-state index contributed by atoms with van der Waals surface area (Å²) in [7, 11) is 0. The molecule has 2 aromatic carbocycles. The van der Waals surface area contributed by atoms with Crippen molar-refractivity contribution in [3.05, 3.63) is 89.7 Å². The largest absolute Gasteiger partial charge is 0.497 e. The summed E-state index contributed by atoms with van der Waals surface area (Å²) in [6.07, 6.45) is 2.94. The molecule has 0 spiro atoms. The molecule has 5 atom stereocenters. The maximum Gasteiger partial charge on any atom is 0.411 e. The first-order valence-corrected chi connectivity index (χ1v) is 19.4. The summed E-state index contributed by atoms with van der Waals surface area (Å²) in [5, 5.41) is 48.0. The minimum Gasteiger partial charge on any atom is -0.497 e. The van der Waals surface area contributed by atoms with Gasteiger partial charge < -0.3 is 60.6 Å². The molecule has 2 fully saturated rings. The highest BCUT2D eigenvalue weighted by atomic mass is 16.7. The van der Waals surface area contributed by atoms with Crippen LogP contribution in [-0.2, 0) is 35.2 Å². The second-order valence-electron chi connectivity index (χ2n) is 14.3. The number of allylic oxidation sites excluding steroid dienone is 2. The molecule has 318 valence electrons. The van der Waals surface area contributed by atoms with Crippen LogP contribution in [0, 0.1) is 5.92 Å². The summed E-state index contributed by atoms with van der Waals surface area (Å²) in [5.41, 5.74) is 7.61. The number of carboxylic acid groups (broad SMARTS) is 1. The molecule has 0 bridgehead atoms. The van der Waals surface area contributed by atoms with Gasteiger partial charge in [0.2, 0.25) is 18.1 Å². The van der Waals surface area contributed by atoms with Crippen LogP contribution in [0.2, 0.25) is 0 Å². The van der Waals surface area contributed by atoms with Gasteiger partial charge in [0.25, 0.3) is 5.91 Å². The van der Waals surface area contributed by atoms with Gasteiger partial charge in [-0.2, -0.15) is 0 Å². The molecule has 2 aromatic rings. The molecule has 3 aliphatic heterocycles. The molecule has 0 saturated carbocycles. The second kappa shape index (κ2) is 21.8. The molecule has 0 unspecified atom stereocenters. The predicted octanol–water partition coefficient (Wildman–Crippen LogP) is 2.16. The third-order valence-electron chi connectivity index (χ3n) is 9.90. The topological polar surface area (TPSA) is 269 Å². The fourth-order valence-electron chi connectivity index (χ4n) is 6.65. The van der Waals surface area contributed by atoms with Gasteiger partial charge in [0, 0.05) is 49.9 Å². The molecule has 3 aliphatic rings. The third kappa shape index (κ3) is 13.1. The Balaban J connectivity index is 1.07. The van der Waals surface area contributed by atoms with E-state index in [9.17, 15) is 44.4 Å². The summed E-state index contributed by atoms with van der Waals surface area (Å²) in [6, 6.07) is 10.8. The maximum absolute atomic E-state index is 13.4. The van der Waals surface area contributed by atoms with Crippen LogP contribution in [0.5, 0.6) is 5.75 Å². The van der Waals surface area contributed by atoms with Crippen molar-refractivity contribution >= 4 is 41.2 Å². The van der Waals surface area contributed by atoms with Crippen LogP contribution in [0.25, 0.3) is 0 Å². The van der Waals surface area contributed by atoms with Gasteiger partial charge in [0.1, 0.15) is 37.3 Å². The van der Waals surface area contributed by atoms with Gasteiger partial charge in [-0.15, -0.1) is 0 Å². The number of nitrogens with one attached hydrogen (secondary N) is 3. The lowest BCUT2D eigenvalue weighted by molar-refractivity contribution is -0.271. The summed E-state index contributed by atoms with van der Waals surface area (Å²) < 4.78 is 21.4. The zero-order chi connectivity index (χ0) is 42.3. The van der Waals surface area contributed by atoms with Crippen LogP contribution in [0.15, 0.2) is 78.6 Å². The van der Waals surface area contributed by atoms with E-state index in [1.165, 1.54) is 24.3 Å². The molecule has 18 heteroatoms. The fraction of sp³-hybridized carbons (Fsp3) is 0.439. The number of anilines is 2. The molecule has 4 amide bonds. The number of amides is 4. The molecule has 9 N–H and O–H groups in total. The molecular weight excluding hydrogens is 770 g/mol. The Hall–Kier alpha value is -5.79. The average Bonchev–Trinajstić information content (AvgIpc) is 3.23. The molecule has 5 rings (SSSR count). The van der Waals surface area contributed by atoms with Gasteiger partial charge in [-0.3, -0.25) is 19.7 Å². The number of piperidine rings is 1. The van der Waals surface area contributed by atoms with Gasteiger partial charge in [-0.05, 0) is 72.7 Å². The average molecular weight is 822 g/mol. The lowest BCUT2D eigenvalue weighted by atomic mass is 9.91. The van der Waals surface area contributed by atoms with Crippen molar-refractivity contribution in [2.24, 2.45) is 11.7 Å². The van der Waals surface area contributed by atoms with Gasteiger partial charge >= 0.3 is 12.1 Å². The fourth-order valence-corrected chi connectivity index (χ4v) is 6.65. The number of nitrogens with zero attached hydrogens (tertiary/aromatic N) is 1. The summed E-state index contributed by atoms with van der Waals surface area (Å²) >= 11 is 0. The molecule has 18 nitrogen and oxygen atoms in total. The number of carboxylic acids is 1. The zero-order valence-electron chi connectivity index (χ0n) is 32.4. The summed E-state index contributed by atoms with van der Waals surface area (Å²) in [5.74, 6) is -1.98. The van der Waals surface area contributed by atoms with Crippen LogP contribution in [-0.4, -0.2) is 119 Å². The number of benzene rings is 2. The van der Waals surface area contributed by atoms with Gasteiger partial charge in [-0.25, -0.2) is 9.59 Å². The van der Waals surface area contributed by atoms with Gasteiger partial charge in [-0.1, -0.05) is 37.1 Å². The van der Waals surface area contributed by atoms with Gasteiger partial charge in [0.05, 0.1) is 11.9 Å². The quantitative estimate of drug-likeness (QED) is 0.0840. The molecule has 0 aliphatic carbocycles. The number of aliphatic hydroxyl groups is 3. The smallest absolute Gasteiger partial charge is 0.411 e. The van der Waals surface area contributed by atoms with E-state index in [2.05, 4.69) is 16.0 Å². The normalized spacial score (nSPS) is 21.9. The van der Waals surface area contributed by atoms with Crippen molar-refractivity contribution in [3.63, 3.8) is 0 Å². The highest BCUT2D eigenvalue weighted by molar-refractivity contribution is 5.96. The number of carbonyl (C=O) groups is 5. The highest BCUT2D eigenvalue weighted by Crippen LogP contribution is 2.31. The Labute approximate surface area is 340 Å². The molecule has 0 aromatic heterocycles. The van der Waals surface area contributed by atoms with Crippen LogP contribution in [0.4, 0.5) is 16.2 Å². The molecule has 59 heavy (non-hydrogen) atoms. The van der Waals surface area contributed by atoms with Crippen LogP contribution in [0.3, 0.4) is 0 Å². The third-order valence-corrected chi connectivity index (χ3v) is 9.90. The Morgan fingerprint density at radius 3 is 2.49 bits per heavy atom. The monoisotopic (exact) mass is 821 g/mol. The number of hydrogen-bond donors (Lipinski definition) is 8. The van der Waals surface area contributed by atoms with E-state index in [1.807, 2.05) is 6.08 Å². The molecule has 3 heterocycles. The zero-order valence-corrected chi connectivity index (χ0v) is 32.4. The minimum absolute atomic E-state index is 0.0311. The van der Waals surface area contributed by atoms with E-state index in [0.717, 1.165) is 37.7 Å². The Morgan fingerprint density at radius 2 is 1.76 bits per heavy atom. The predicted molar refractivity (Wildman–Crippen MR) is 212 cm³/mol. The van der Waals surface area contributed by atoms with Crippen LogP contribution >= 0.6 is 0 Å². The van der Waals surface area contributed by atoms with E-state index in [-0.39, 0.29) is 42.8 Å². The number of hydrogen-bond acceptors (Lipinski definition) is 13. The minimum atomic E-state index is -1.92.